The molecule has 126 valence electrons. The lowest BCUT2D eigenvalue weighted by Crippen LogP contribution is -2.21. The lowest BCUT2D eigenvalue weighted by molar-refractivity contribution is -0.118. The summed E-state index contributed by atoms with van der Waals surface area (Å²) < 4.78 is 24.8. The van der Waals surface area contributed by atoms with Crippen LogP contribution in [0.3, 0.4) is 0 Å². The van der Waals surface area contributed by atoms with Crippen LogP contribution < -0.4 is 14.8 Å². The number of halogens is 2. The number of rotatable bonds is 6. The summed E-state index contributed by atoms with van der Waals surface area (Å²) in [4.78, 5) is 22.9. The van der Waals surface area contributed by atoms with Crippen LogP contribution in [0.1, 0.15) is 15.9 Å². The molecule has 0 aromatic heterocycles. The molecule has 0 aliphatic carbocycles. The Hall–Kier alpha value is -2.41. The normalized spacial score (nSPS) is 10.2. The quantitative estimate of drug-likeness (QED) is 0.756. The van der Waals surface area contributed by atoms with Crippen LogP contribution >= 0.6 is 15.9 Å². The van der Waals surface area contributed by atoms with E-state index in [2.05, 4.69) is 21.2 Å². The van der Waals surface area contributed by atoms with Crippen LogP contribution in [-0.2, 0) is 4.79 Å². The monoisotopic (exact) mass is 395 g/mol. The second kappa shape index (κ2) is 7.92. The van der Waals surface area contributed by atoms with Crippen LogP contribution in [-0.4, -0.2) is 25.9 Å². The summed E-state index contributed by atoms with van der Waals surface area (Å²) in [5.74, 6) is -0.452. The van der Waals surface area contributed by atoms with Crippen molar-refractivity contribution in [3.63, 3.8) is 0 Å². The van der Waals surface area contributed by atoms with Gasteiger partial charge in [0.1, 0.15) is 5.82 Å². The molecule has 0 unspecified atom stereocenters. The molecular weight excluding hydrogens is 381 g/mol. The topological polar surface area (TPSA) is 64.6 Å². The Balaban J connectivity index is 2.07. The number of carbonyl (C=O) groups excluding carboxylic acids is 2. The first-order chi connectivity index (χ1) is 11.4. The first-order valence-electron chi connectivity index (χ1n) is 6.96. The Labute approximate surface area is 146 Å². The fourth-order valence-electron chi connectivity index (χ4n) is 1.96. The summed E-state index contributed by atoms with van der Waals surface area (Å²) in [6, 6.07) is 7.51. The van der Waals surface area contributed by atoms with Crippen molar-refractivity contribution in [1.29, 1.82) is 0 Å². The molecule has 0 bridgehead atoms. The second-order valence-electron chi connectivity index (χ2n) is 4.96. The van der Waals surface area contributed by atoms with Crippen molar-refractivity contribution in [2.24, 2.45) is 0 Å². The predicted molar refractivity (Wildman–Crippen MR) is 91.3 cm³/mol. The van der Waals surface area contributed by atoms with Crippen molar-refractivity contribution in [1.82, 2.24) is 0 Å². The second-order valence-corrected chi connectivity index (χ2v) is 5.82. The summed E-state index contributed by atoms with van der Waals surface area (Å²) in [5.41, 5.74) is 1.18. The third-order valence-corrected chi connectivity index (χ3v) is 3.85. The maximum Gasteiger partial charge on any atom is 0.262 e. The molecule has 0 fully saturated rings. The van der Waals surface area contributed by atoms with Gasteiger partial charge in [0, 0.05) is 10.0 Å². The molecule has 2 aromatic carbocycles. The van der Waals surface area contributed by atoms with Crippen LogP contribution in [0.5, 0.6) is 11.5 Å². The minimum atomic E-state index is -0.532. The van der Waals surface area contributed by atoms with Crippen LogP contribution in [0.4, 0.5) is 10.1 Å². The van der Waals surface area contributed by atoms with Gasteiger partial charge in [0.2, 0.25) is 0 Å². The lowest BCUT2D eigenvalue weighted by Gasteiger charge is -2.12. The molecule has 0 radical (unpaired) electrons. The average Bonchev–Trinajstić information content (AvgIpc) is 2.55. The van der Waals surface area contributed by atoms with Crippen molar-refractivity contribution < 1.29 is 23.5 Å². The van der Waals surface area contributed by atoms with Crippen molar-refractivity contribution >= 4 is 33.8 Å². The van der Waals surface area contributed by atoms with Gasteiger partial charge in [0.15, 0.2) is 24.4 Å². The first kappa shape index (κ1) is 17.9. The number of hydrogen-bond donors (Lipinski definition) is 1. The SMILES string of the molecule is COc1cc(Br)c(C=O)cc1OCC(=O)Nc1ccc(C)cc1F. The highest BCUT2D eigenvalue weighted by molar-refractivity contribution is 9.10. The van der Waals surface area contributed by atoms with Crippen LogP contribution in [0.25, 0.3) is 0 Å². The fraction of sp³-hybridized carbons (Fsp3) is 0.176. The standard InChI is InChI=1S/C17H15BrFNO4/c1-10-3-4-14(13(19)5-10)20-17(22)9-24-16-6-11(8-21)12(18)7-15(16)23-2/h3-8H,9H2,1-2H3,(H,20,22). The molecule has 2 aromatic rings. The van der Waals surface area contributed by atoms with Crippen molar-refractivity contribution in [3.8, 4) is 11.5 Å². The number of aldehydes is 1. The zero-order chi connectivity index (χ0) is 17.7. The molecule has 5 nitrogen and oxygen atoms in total. The van der Waals surface area contributed by atoms with Gasteiger partial charge in [0.25, 0.3) is 5.91 Å². The number of carbonyl (C=O) groups is 2. The molecule has 24 heavy (non-hydrogen) atoms. The first-order valence-corrected chi connectivity index (χ1v) is 7.75. The van der Waals surface area contributed by atoms with E-state index in [0.29, 0.717) is 22.1 Å². The Morgan fingerprint density at radius 2 is 2.04 bits per heavy atom. The number of hydrogen-bond acceptors (Lipinski definition) is 4. The summed E-state index contributed by atoms with van der Waals surface area (Å²) in [6.45, 7) is 1.39. The Bertz CT molecular complexity index is 779. The van der Waals surface area contributed by atoms with Crippen LogP contribution in [0.15, 0.2) is 34.8 Å². The van der Waals surface area contributed by atoms with E-state index >= 15 is 0 Å². The fourth-order valence-corrected chi connectivity index (χ4v) is 2.38. The third kappa shape index (κ3) is 4.32. The number of nitrogens with one attached hydrogen (secondary N) is 1. The minimum Gasteiger partial charge on any atom is -0.493 e. The zero-order valence-electron chi connectivity index (χ0n) is 13.1. The Morgan fingerprint density at radius 3 is 2.67 bits per heavy atom. The van der Waals surface area contributed by atoms with Gasteiger partial charge in [-0.1, -0.05) is 6.07 Å². The summed E-state index contributed by atoms with van der Waals surface area (Å²) >= 11 is 3.23. The van der Waals surface area contributed by atoms with E-state index in [1.54, 1.807) is 19.1 Å². The van der Waals surface area contributed by atoms with Crippen molar-refractivity contribution in [3.05, 3.63) is 51.7 Å². The van der Waals surface area contributed by atoms with E-state index in [-0.39, 0.29) is 18.0 Å². The molecule has 1 amide bonds. The highest BCUT2D eigenvalue weighted by atomic mass is 79.9. The smallest absolute Gasteiger partial charge is 0.262 e. The number of benzene rings is 2. The summed E-state index contributed by atoms with van der Waals surface area (Å²) in [6.07, 6.45) is 0.651. The van der Waals surface area contributed by atoms with E-state index in [9.17, 15) is 14.0 Å². The number of anilines is 1. The van der Waals surface area contributed by atoms with Gasteiger partial charge in [-0.3, -0.25) is 9.59 Å². The molecule has 7 heteroatoms. The minimum absolute atomic E-state index is 0.0746. The van der Waals surface area contributed by atoms with Gasteiger partial charge >= 0.3 is 0 Å². The Morgan fingerprint density at radius 1 is 1.29 bits per heavy atom. The summed E-state index contributed by atoms with van der Waals surface area (Å²) in [5, 5.41) is 2.43. The van der Waals surface area contributed by atoms with Crippen molar-refractivity contribution in [2.45, 2.75) is 6.92 Å². The van der Waals surface area contributed by atoms with Gasteiger partial charge in [-0.25, -0.2) is 4.39 Å². The maximum atomic E-state index is 13.7. The van der Waals surface area contributed by atoms with Gasteiger partial charge in [0.05, 0.1) is 12.8 Å². The van der Waals surface area contributed by atoms with Gasteiger partial charge in [-0.15, -0.1) is 0 Å². The highest BCUT2D eigenvalue weighted by Crippen LogP contribution is 2.32. The Kier molecular flexibility index (Phi) is 5.92. The van der Waals surface area contributed by atoms with Gasteiger partial charge < -0.3 is 14.8 Å². The number of amides is 1. The van der Waals surface area contributed by atoms with Gasteiger partial charge in [-0.05, 0) is 52.7 Å². The zero-order valence-corrected chi connectivity index (χ0v) is 14.6. The molecule has 0 aliphatic heterocycles. The van der Waals surface area contributed by atoms with E-state index in [1.165, 1.54) is 25.3 Å². The highest BCUT2D eigenvalue weighted by Gasteiger charge is 2.13. The molecule has 0 aliphatic rings. The van der Waals surface area contributed by atoms with Crippen LogP contribution in [0, 0.1) is 12.7 Å². The average molecular weight is 396 g/mol. The van der Waals surface area contributed by atoms with Crippen LogP contribution in [0.2, 0.25) is 0 Å². The number of methoxy groups -OCH3 is 1. The van der Waals surface area contributed by atoms with E-state index < -0.39 is 11.7 Å². The molecule has 0 spiro atoms. The molecular formula is C17H15BrFNO4. The molecule has 0 heterocycles. The maximum absolute atomic E-state index is 13.7. The lowest BCUT2D eigenvalue weighted by atomic mass is 10.2. The summed E-state index contributed by atoms with van der Waals surface area (Å²) in [7, 11) is 1.44. The van der Waals surface area contributed by atoms with Gasteiger partial charge in [-0.2, -0.15) is 0 Å². The van der Waals surface area contributed by atoms with E-state index in [0.717, 1.165) is 5.56 Å². The number of ether oxygens (including phenoxy) is 2. The molecule has 0 saturated carbocycles. The number of aryl methyl sites for hydroxylation is 1. The van der Waals surface area contributed by atoms with E-state index in [4.69, 9.17) is 9.47 Å². The molecule has 2 rings (SSSR count). The third-order valence-electron chi connectivity index (χ3n) is 3.17. The molecule has 0 saturated heterocycles. The van der Waals surface area contributed by atoms with Crippen molar-refractivity contribution in [2.75, 3.05) is 19.0 Å². The predicted octanol–water partition coefficient (Wildman–Crippen LogP) is 3.74. The largest absolute Gasteiger partial charge is 0.493 e. The molecule has 1 N–H and O–H groups in total. The van der Waals surface area contributed by atoms with E-state index in [1.807, 2.05) is 0 Å². The molecule has 0 atom stereocenters.